The maximum Gasteiger partial charge on any atom is 0.0998 e. The van der Waals surface area contributed by atoms with Crippen LogP contribution in [0.1, 0.15) is 0 Å². The summed E-state index contributed by atoms with van der Waals surface area (Å²) < 4.78 is 0. The number of nitrogens with zero attached hydrogens (tertiary/aromatic N) is 2. The highest BCUT2D eigenvalue weighted by Crippen LogP contribution is 2.09. The van der Waals surface area contributed by atoms with Crippen molar-refractivity contribution >= 4 is 6.01 Å². The lowest BCUT2D eigenvalue weighted by molar-refractivity contribution is 1.23. The molecule has 0 atom stereocenters. The van der Waals surface area contributed by atoms with Crippen molar-refractivity contribution in [3.8, 4) is 0 Å². The lowest BCUT2D eigenvalue weighted by Gasteiger charge is -1.97. The first kappa shape index (κ1) is 5.01. The molecule has 0 N–H and O–H groups in total. The molecule has 0 saturated heterocycles. The molecule has 2 heteroatoms. The molecular formula is C6H5N2. The summed E-state index contributed by atoms with van der Waals surface area (Å²) in [5.41, 5.74) is 1.31. The zero-order chi connectivity index (χ0) is 5.98. The van der Waals surface area contributed by atoms with Crippen LogP contribution < -0.4 is 0 Å². The molecule has 1 rings (SSSR count). The average Bonchev–Trinajstić information content (AvgIpc) is 1.64. The molecule has 0 aliphatic carbocycles. The number of aliphatic imine (C=N–C) groups is 2. The van der Waals surface area contributed by atoms with Crippen molar-refractivity contribution in [3.63, 3.8) is 0 Å². The summed E-state index contributed by atoms with van der Waals surface area (Å²) in [4.78, 5) is 7.31. The molecule has 2 nitrogen and oxygen atoms in total. The smallest absolute Gasteiger partial charge is 0.0998 e. The minimum absolute atomic E-state index is 0.657. The van der Waals surface area contributed by atoms with E-state index in [4.69, 9.17) is 0 Å². The monoisotopic (exact) mass is 105 g/mol. The van der Waals surface area contributed by atoms with Gasteiger partial charge in [-0.25, -0.2) is 0 Å². The van der Waals surface area contributed by atoms with Crippen molar-refractivity contribution in [2.75, 3.05) is 0 Å². The van der Waals surface area contributed by atoms with Crippen LogP contribution in [0.4, 0.5) is 0 Å². The van der Waals surface area contributed by atoms with Crippen LogP contribution in [0, 0.1) is 6.42 Å². The van der Waals surface area contributed by atoms with E-state index < -0.39 is 0 Å². The second-order valence-corrected chi connectivity index (χ2v) is 1.45. The average molecular weight is 105 g/mol. The van der Waals surface area contributed by atoms with Crippen LogP contribution in [-0.4, -0.2) is 6.01 Å². The highest BCUT2D eigenvalue weighted by molar-refractivity contribution is 5.52. The fraction of sp³-hybridized carbons (Fsp3) is 0. The van der Waals surface area contributed by atoms with Crippen LogP contribution in [0.25, 0.3) is 0 Å². The van der Waals surface area contributed by atoms with Crippen LogP contribution >= 0.6 is 0 Å². The van der Waals surface area contributed by atoms with Gasteiger partial charge in [0, 0.05) is 0 Å². The second-order valence-electron chi connectivity index (χ2n) is 1.45. The molecule has 0 aromatic heterocycles. The Morgan fingerprint density at radius 2 is 1.75 bits per heavy atom. The molecule has 0 saturated carbocycles. The Labute approximate surface area is 48.0 Å². The number of hydrogen-bond acceptors (Lipinski definition) is 2. The largest absolute Gasteiger partial charge is 0.192 e. The van der Waals surface area contributed by atoms with Gasteiger partial charge in [0.15, 0.2) is 0 Å². The van der Waals surface area contributed by atoms with E-state index in [1.54, 1.807) is 6.42 Å². The zero-order valence-electron chi connectivity index (χ0n) is 4.39. The van der Waals surface area contributed by atoms with Crippen molar-refractivity contribution in [3.05, 3.63) is 31.0 Å². The van der Waals surface area contributed by atoms with Gasteiger partial charge in [0.2, 0.25) is 0 Å². The third-order valence-corrected chi connectivity index (χ3v) is 0.720. The molecule has 0 fully saturated rings. The molecule has 39 valence electrons. The van der Waals surface area contributed by atoms with Crippen LogP contribution in [0.15, 0.2) is 34.5 Å². The van der Waals surface area contributed by atoms with Gasteiger partial charge >= 0.3 is 0 Å². The summed E-state index contributed by atoms with van der Waals surface area (Å²) >= 11 is 0. The Morgan fingerprint density at radius 3 is 2.00 bits per heavy atom. The van der Waals surface area contributed by atoms with Gasteiger partial charge in [-0.1, -0.05) is 13.2 Å². The van der Waals surface area contributed by atoms with Crippen LogP contribution in [-0.2, 0) is 0 Å². The van der Waals surface area contributed by atoms with Gasteiger partial charge in [-0.3, -0.25) is 0 Å². The van der Waals surface area contributed by atoms with Gasteiger partial charge in [0.25, 0.3) is 0 Å². The first-order chi connectivity index (χ1) is 3.79. The minimum Gasteiger partial charge on any atom is -0.192 e. The van der Waals surface area contributed by atoms with E-state index >= 15 is 0 Å². The molecule has 1 radical (unpaired) electrons. The Morgan fingerprint density at radius 1 is 1.25 bits per heavy atom. The van der Waals surface area contributed by atoms with Crippen LogP contribution in [0.3, 0.4) is 0 Å². The van der Waals surface area contributed by atoms with E-state index in [2.05, 4.69) is 29.2 Å². The van der Waals surface area contributed by atoms with Gasteiger partial charge in [-0.15, -0.1) is 0 Å². The molecule has 0 aromatic carbocycles. The van der Waals surface area contributed by atoms with E-state index in [1.165, 1.54) is 0 Å². The number of rotatable bonds is 0. The minimum atomic E-state index is 0.657. The van der Waals surface area contributed by atoms with Crippen molar-refractivity contribution in [1.82, 2.24) is 0 Å². The predicted octanol–water partition coefficient (Wildman–Crippen LogP) is 1.41. The zero-order valence-corrected chi connectivity index (χ0v) is 4.39. The quantitative estimate of drug-likeness (QED) is 0.445. The Bertz CT molecular complexity index is 177. The fourth-order valence-corrected chi connectivity index (χ4v) is 0.410. The van der Waals surface area contributed by atoms with Gasteiger partial charge in [-0.2, -0.15) is 9.98 Å². The topological polar surface area (TPSA) is 24.7 Å². The summed E-state index contributed by atoms with van der Waals surface area (Å²) in [5, 5.41) is 0. The third kappa shape index (κ3) is 0.922. The van der Waals surface area contributed by atoms with E-state index in [1.807, 2.05) is 0 Å². The van der Waals surface area contributed by atoms with Crippen molar-refractivity contribution in [2.45, 2.75) is 0 Å². The van der Waals surface area contributed by atoms with Crippen molar-refractivity contribution in [2.24, 2.45) is 9.98 Å². The molecule has 0 aromatic rings. The highest BCUT2D eigenvalue weighted by atomic mass is 14.9. The molecule has 0 spiro atoms. The molecule has 1 aliphatic rings. The Hall–Kier alpha value is -1.14. The molecule has 8 heavy (non-hydrogen) atoms. The molecule has 0 unspecified atom stereocenters. The lowest BCUT2D eigenvalue weighted by Crippen LogP contribution is -1.85. The summed E-state index contributed by atoms with van der Waals surface area (Å²) in [6, 6.07) is 2.40. The SMILES string of the molecule is C=C1[CH]C(=C)N=C=N1. The van der Waals surface area contributed by atoms with Gasteiger partial charge in [0.1, 0.15) is 0 Å². The van der Waals surface area contributed by atoms with Gasteiger partial charge in [0.05, 0.1) is 23.8 Å². The van der Waals surface area contributed by atoms with E-state index in [-0.39, 0.29) is 0 Å². The molecule has 0 bridgehead atoms. The standard InChI is InChI=1S/C6H5N2/c1-5-3-6(2)8-4-7-5/h3H,1-2H2. The molecule has 1 aliphatic heterocycles. The maximum atomic E-state index is 3.65. The fourth-order valence-electron chi connectivity index (χ4n) is 0.410. The van der Waals surface area contributed by atoms with E-state index in [0.717, 1.165) is 0 Å². The first-order valence-corrected chi connectivity index (χ1v) is 2.18. The first-order valence-electron chi connectivity index (χ1n) is 2.18. The molecule has 0 amide bonds. The maximum absolute atomic E-state index is 3.65. The molecule has 1 heterocycles. The van der Waals surface area contributed by atoms with Crippen molar-refractivity contribution in [1.29, 1.82) is 0 Å². The van der Waals surface area contributed by atoms with E-state index in [9.17, 15) is 0 Å². The number of hydrogen-bond donors (Lipinski definition) is 0. The predicted molar refractivity (Wildman–Crippen MR) is 32.4 cm³/mol. The Balaban J connectivity index is 2.92. The normalized spacial score (nSPS) is 17.5. The van der Waals surface area contributed by atoms with Gasteiger partial charge in [-0.05, 0) is 0 Å². The second kappa shape index (κ2) is 1.76. The highest BCUT2D eigenvalue weighted by Gasteiger charge is 1.97. The Kier molecular flexibility index (Phi) is 1.10. The molecular weight excluding hydrogens is 100 g/mol. The van der Waals surface area contributed by atoms with Crippen molar-refractivity contribution < 1.29 is 0 Å². The summed E-state index contributed by atoms with van der Waals surface area (Å²) in [7, 11) is 0. The summed E-state index contributed by atoms with van der Waals surface area (Å²) in [5.74, 6) is 0. The van der Waals surface area contributed by atoms with Gasteiger partial charge < -0.3 is 0 Å². The summed E-state index contributed by atoms with van der Waals surface area (Å²) in [6.45, 7) is 7.12. The van der Waals surface area contributed by atoms with E-state index in [0.29, 0.717) is 11.4 Å². The third-order valence-electron chi connectivity index (χ3n) is 0.720. The van der Waals surface area contributed by atoms with Crippen LogP contribution in [0.5, 0.6) is 0 Å². The van der Waals surface area contributed by atoms with Crippen LogP contribution in [0.2, 0.25) is 0 Å². The lowest BCUT2D eigenvalue weighted by atomic mass is 10.3. The summed E-state index contributed by atoms with van der Waals surface area (Å²) in [6.07, 6.45) is 1.69.